The van der Waals surface area contributed by atoms with E-state index in [9.17, 15) is 0 Å². The van der Waals surface area contributed by atoms with Crippen molar-refractivity contribution in [2.75, 3.05) is 0 Å². The van der Waals surface area contributed by atoms with Gasteiger partial charge in [0.25, 0.3) is 0 Å². The highest BCUT2D eigenvalue weighted by atomic mass is 16.5. The van der Waals surface area contributed by atoms with Crippen LogP contribution in [0.3, 0.4) is 0 Å². The summed E-state index contributed by atoms with van der Waals surface area (Å²) in [6, 6.07) is 62.1. The van der Waals surface area contributed by atoms with Crippen LogP contribution in [0.2, 0.25) is 0 Å². The number of hydrogen-bond acceptors (Lipinski definition) is 1. The molecule has 1 heteroatoms. The summed E-state index contributed by atoms with van der Waals surface area (Å²) in [6.07, 6.45) is 0. The van der Waals surface area contributed by atoms with E-state index in [2.05, 4.69) is 170 Å². The lowest BCUT2D eigenvalue weighted by Gasteiger charge is -2.23. The maximum atomic E-state index is 6.65. The van der Waals surface area contributed by atoms with Crippen LogP contribution in [0.4, 0.5) is 0 Å². The van der Waals surface area contributed by atoms with Gasteiger partial charge in [0.05, 0.1) is 0 Å². The van der Waals surface area contributed by atoms with Crippen molar-refractivity contribution < 1.29 is 4.74 Å². The van der Waals surface area contributed by atoms with Crippen LogP contribution in [0.25, 0.3) is 98.0 Å². The normalized spacial score (nSPS) is 12.2. The predicted octanol–water partition coefficient (Wildman–Crippen LogP) is 13.7. The molecule has 10 aromatic carbocycles. The Kier molecular flexibility index (Phi) is 5.45. The lowest BCUT2D eigenvalue weighted by Crippen LogP contribution is -1.98. The first-order valence-corrected chi connectivity index (χ1v) is 16.9. The Morgan fingerprint density at radius 2 is 0.898 bits per heavy atom. The van der Waals surface area contributed by atoms with E-state index in [4.69, 9.17) is 4.74 Å². The van der Waals surface area contributed by atoms with Crippen molar-refractivity contribution in [1.29, 1.82) is 0 Å². The molecule has 0 atom stereocenters. The van der Waals surface area contributed by atoms with Gasteiger partial charge in [-0.25, -0.2) is 0 Å². The largest absolute Gasteiger partial charge is 0.456 e. The Bertz CT molecular complexity index is 3020. The fourth-order valence-corrected chi connectivity index (χ4v) is 8.45. The summed E-state index contributed by atoms with van der Waals surface area (Å²) in [5.41, 5.74) is 7.31. The van der Waals surface area contributed by atoms with E-state index in [1.807, 2.05) is 0 Å². The maximum Gasteiger partial charge on any atom is 0.136 e. The molecule has 0 unspecified atom stereocenters. The number of benzene rings is 10. The fraction of sp³-hybridized carbons (Fsp3) is 0. The molecule has 49 heavy (non-hydrogen) atoms. The summed E-state index contributed by atoms with van der Waals surface area (Å²) < 4.78 is 6.65. The molecule has 1 aliphatic rings. The van der Waals surface area contributed by atoms with Crippen LogP contribution in [0.15, 0.2) is 170 Å². The molecule has 0 saturated heterocycles. The molecule has 1 heterocycles. The van der Waals surface area contributed by atoms with Crippen molar-refractivity contribution in [1.82, 2.24) is 0 Å². The topological polar surface area (TPSA) is 9.23 Å². The van der Waals surface area contributed by atoms with Crippen LogP contribution in [0.5, 0.6) is 11.5 Å². The third kappa shape index (κ3) is 3.82. The van der Waals surface area contributed by atoms with Crippen molar-refractivity contribution in [2.24, 2.45) is 0 Å². The molecule has 10 aromatic rings. The minimum atomic E-state index is 0.897. The summed E-state index contributed by atoms with van der Waals surface area (Å²) >= 11 is 0. The SMILES string of the molecule is c1ccc2c(-c3c4ccccc4cc4cc(-c5ccc6c(c5)-c5cccc7c5c(cc5ccccc57)O6)c5ccccc5c34)cccc2c1. The second kappa shape index (κ2) is 10.0. The van der Waals surface area contributed by atoms with Crippen LogP contribution in [0, 0.1) is 0 Å². The monoisotopic (exact) mass is 620 g/mol. The quantitative estimate of drug-likeness (QED) is 0.138. The first kappa shape index (κ1) is 26.6. The highest BCUT2D eigenvalue weighted by molar-refractivity contribution is 6.26. The maximum absolute atomic E-state index is 6.65. The van der Waals surface area contributed by atoms with Crippen LogP contribution in [-0.4, -0.2) is 0 Å². The summed E-state index contributed by atoms with van der Waals surface area (Å²) in [5.74, 6) is 1.82. The van der Waals surface area contributed by atoms with Gasteiger partial charge < -0.3 is 4.74 Å². The van der Waals surface area contributed by atoms with Crippen LogP contribution in [0.1, 0.15) is 0 Å². The summed E-state index contributed by atoms with van der Waals surface area (Å²) in [6.45, 7) is 0. The highest BCUT2D eigenvalue weighted by Crippen LogP contribution is 2.51. The number of ether oxygens (including phenoxy) is 1. The van der Waals surface area contributed by atoms with Gasteiger partial charge in [-0.05, 0) is 117 Å². The molecule has 11 rings (SSSR count). The van der Waals surface area contributed by atoms with E-state index < -0.39 is 0 Å². The molecular weight excluding hydrogens is 593 g/mol. The van der Waals surface area contributed by atoms with Crippen molar-refractivity contribution in [3.05, 3.63) is 170 Å². The molecule has 226 valence electrons. The van der Waals surface area contributed by atoms with Gasteiger partial charge in [0.1, 0.15) is 11.5 Å². The molecule has 0 amide bonds. The minimum Gasteiger partial charge on any atom is -0.456 e. The number of rotatable bonds is 2. The zero-order valence-corrected chi connectivity index (χ0v) is 26.6. The van der Waals surface area contributed by atoms with Gasteiger partial charge in [0.2, 0.25) is 0 Å². The van der Waals surface area contributed by atoms with Crippen molar-refractivity contribution >= 4 is 64.6 Å². The predicted molar refractivity (Wildman–Crippen MR) is 208 cm³/mol. The number of hydrogen-bond donors (Lipinski definition) is 0. The van der Waals surface area contributed by atoms with E-state index in [1.54, 1.807) is 0 Å². The van der Waals surface area contributed by atoms with Crippen LogP contribution in [-0.2, 0) is 0 Å². The van der Waals surface area contributed by atoms with E-state index >= 15 is 0 Å². The van der Waals surface area contributed by atoms with Crippen LogP contribution >= 0.6 is 0 Å². The molecule has 1 aliphatic heterocycles. The Hall–Kier alpha value is -6.44. The molecular formula is C48H28O. The molecule has 0 N–H and O–H groups in total. The Labute approximate surface area is 283 Å². The molecule has 0 spiro atoms. The number of fused-ring (bicyclic) bond motifs is 9. The third-order valence-corrected chi connectivity index (χ3v) is 10.6. The van der Waals surface area contributed by atoms with E-state index in [-0.39, 0.29) is 0 Å². The van der Waals surface area contributed by atoms with Gasteiger partial charge in [0, 0.05) is 10.9 Å². The highest BCUT2D eigenvalue weighted by Gasteiger charge is 2.23. The molecule has 0 aromatic heterocycles. The Morgan fingerprint density at radius 3 is 1.76 bits per heavy atom. The molecule has 0 radical (unpaired) electrons. The molecule has 0 bridgehead atoms. The van der Waals surface area contributed by atoms with Gasteiger partial charge in [-0.15, -0.1) is 0 Å². The third-order valence-electron chi connectivity index (χ3n) is 10.6. The smallest absolute Gasteiger partial charge is 0.136 e. The first-order chi connectivity index (χ1) is 24.3. The summed E-state index contributed by atoms with van der Waals surface area (Å²) in [4.78, 5) is 0. The van der Waals surface area contributed by atoms with E-state index in [0.29, 0.717) is 0 Å². The fourth-order valence-electron chi connectivity index (χ4n) is 8.45. The van der Waals surface area contributed by atoms with Gasteiger partial charge in [-0.3, -0.25) is 0 Å². The van der Waals surface area contributed by atoms with Gasteiger partial charge in [-0.1, -0.05) is 140 Å². The standard InChI is InChI=1S/C48H28O/c1-4-15-34-29(11-1)14-9-20-39(34)48-36-17-6-3-12-30(36)25-33-27-42(37-18-7-8-19-40(37)46(33)48)32-23-24-44-43(26-32)41-22-10-21-38-35-16-5-2-13-31(35)28-45(49-44)47(38)41/h1-28H. The van der Waals surface area contributed by atoms with Crippen molar-refractivity contribution in [3.8, 4) is 44.9 Å². The zero-order valence-electron chi connectivity index (χ0n) is 26.6. The van der Waals surface area contributed by atoms with Gasteiger partial charge in [-0.2, -0.15) is 0 Å². The minimum absolute atomic E-state index is 0.897. The Morgan fingerprint density at radius 1 is 0.286 bits per heavy atom. The second-order valence-corrected chi connectivity index (χ2v) is 13.2. The second-order valence-electron chi connectivity index (χ2n) is 13.2. The van der Waals surface area contributed by atoms with Crippen LogP contribution < -0.4 is 4.74 Å². The first-order valence-electron chi connectivity index (χ1n) is 16.9. The lowest BCUT2D eigenvalue weighted by molar-refractivity contribution is 0.488. The van der Waals surface area contributed by atoms with Gasteiger partial charge in [0.15, 0.2) is 0 Å². The molecule has 1 nitrogen and oxygen atoms in total. The average molecular weight is 621 g/mol. The van der Waals surface area contributed by atoms with Crippen molar-refractivity contribution in [2.45, 2.75) is 0 Å². The lowest BCUT2D eigenvalue weighted by atomic mass is 9.84. The summed E-state index contributed by atoms with van der Waals surface area (Å²) in [7, 11) is 0. The molecule has 0 aliphatic carbocycles. The van der Waals surface area contributed by atoms with E-state index in [0.717, 1.165) is 17.1 Å². The van der Waals surface area contributed by atoms with Gasteiger partial charge >= 0.3 is 0 Å². The summed E-state index contributed by atoms with van der Waals surface area (Å²) in [5, 5.41) is 14.9. The zero-order chi connectivity index (χ0) is 32.1. The Balaban J connectivity index is 1.20. The van der Waals surface area contributed by atoms with Crippen molar-refractivity contribution in [3.63, 3.8) is 0 Å². The van der Waals surface area contributed by atoms with E-state index in [1.165, 1.54) is 92.5 Å². The molecule has 0 saturated carbocycles. The average Bonchev–Trinajstić information content (AvgIpc) is 3.16. The molecule has 0 fully saturated rings.